The molecule has 0 spiro atoms. The summed E-state index contributed by atoms with van der Waals surface area (Å²) in [5.74, 6) is -1.84. The normalized spacial score (nSPS) is 11.3. The lowest BCUT2D eigenvalue weighted by molar-refractivity contribution is -0.274. The molecule has 2 aromatic carbocycles. The van der Waals surface area contributed by atoms with Crippen molar-refractivity contribution in [1.29, 1.82) is 0 Å². The molecule has 2 heterocycles. The molecule has 0 aliphatic carbocycles. The van der Waals surface area contributed by atoms with E-state index in [0.717, 1.165) is 12.1 Å². The zero-order chi connectivity index (χ0) is 22.9. The molecule has 0 aliphatic rings. The highest BCUT2D eigenvalue weighted by Gasteiger charge is 2.31. The molecule has 2 amide bonds. The third-order valence-electron chi connectivity index (χ3n) is 4.38. The number of aromatic nitrogens is 3. The number of anilines is 1. The van der Waals surface area contributed by atoms with Crippen LogP contribution in [0.5, 0.6) is 5.75 Å². The molecule has 0 unspecified atom stereocenters. The second-order valence-corrected chi connectivity index (χ2v) is 6.57. The van der Waals surface area contributed by atoms with E-state index in [0.29, 0.717) is 11.3 Å². The van der Waals surface area contributed by atoms with Gasteiger partial charge in [0.25, 0.3) is 11.8 Å². The highest BCUT2D eigenvalue weighted by Crippen LogP contribution is 2.25. The van der Waals surface area contributed by atoms with Crippen LogP contribution < -0.4 is 15.8 Å². The van der Waals surface area contributed by atoms with Crippen LogP contribution in [-0.2, 0) is 0 Å². The largest absolute Gasteiger partial charge is 0.573 e. The second kappa shape index (κ2) is 8.02. The number of imidazole rings is 1. The van der Waals surface area contributed by atoms with Crippen molar-refractivity contribution in [1.82, 2.24) is 14.4 Å². The van der Waals surface area contributed by atoms with Crippen LogP contribution in [0, 0.1) is 0 Å². The molecule has 0 saturated carbocycles. The molecule has 0 fully saturated rings. The van der Waals surface area contributed by atoms with Crippen molar-refractivity contribution < 1.29 is 27.5 Å². The molecule has 0 aliphatic heterocycles. The van der Waals surface area contributed by atoms with Gasteiger partial charge in [-0.1, -0.05) is 30.3 Å². The van der Waals surface area contributed by atoms with Crippen LogP contribution in [0.3, 0.4) is 0 Å². The quantitative estimate of drug-likeness (QED) is 0.491. The van der Waals surface area contributed by atoms with E-state index < -0.39 is 23.9 Å². The first-order chi connectivity index (χ1) is 15.2. The van der Waals surface area contributed by atoms with E-state index in [-0.39, 0.29) is 22.7 Å². The van der Waals surface area contributed by atoms with Crippen molar-refractivity contribution >= 4 is 23.1 Å². The molecule has 0 saturated heterocycles. The summed E-state index contributed by atoms with van der Waals surface area (Å²) in [7, 11) is 0. The molecule has 3 N–H and O–H groups in total. The van der Waals surface area contributed by atoms with Crippen LogP contribution in [0.15, 0.2) is 67.0 Å². The number of carbonyl (C=O) groups is 2. The Morgan fingerprint density at radius 1 is 1.03 bits per heavy atom. The number of alkyl halides is 3. The van der Waals surface area contributed by atoms with Crippen LogP contribution in [0.4, 0.5) is 18.9 Å². The van der Waals surface area contributed by atoms with Crippen LogP contribution >= 0.6 is 0 Å². The molecular weight excluding hydrogens is 427 g/mol. The maximum absolute atomic E-state index is 13.0. The van der Waals surface area contributed by atoms with Crippen molar-refractivity contribution in [2.24, 2.45) is 5.73 Å². The Morgan fingerprint density at radius 2 is 1.72 bits per heavy atom. The Morgan fingerprint density at radius 3 is 2.34 bits per heavy atom. The summed E-state index contributed by atoms with van der Waals surface area (Å²) in [6.07, 6.45) is -3.58. The second-order valence-electron chi connectivity index (χ2n) is 6.57. The topological polar surface area (TPSA) is 112 Å². The van der Waals surface area contributed by atoms with E-state index >= 15 is 0 Å². The number of primary amides is 1. The van der Waals surface area contributed by atoms with Gasteiger partial charge in [0.05, 0.1) is 5.69 Å². The number of nitrogens with two attached hydrogens (primary N) is 1. The number of nitrogens with one attached hydrogen (secondary N) is 1. The van der Waals surface area contributed by atoms with E-state index in [1.54, 1.807) is 24.3 Å². The maximum atomic E-state index is 13.0. The number of carbonyl (C=O) groups excluding carboxylic acids is 2. The first-order valence-corrected chi connectivity index (χ1v) is 9.12. The van der Waals surface area contributed by atoms with Crippen LogP contribution in [0.25, 0.3) is 16.9 Å². The fourth-order valence-corrected chi connectivity index (χ4v) is 3.01. The summed E-state index contributed by atoms with van der Waals surface area (Å²) >= 11 is 0. The Kier molecular flexibility index (Phi) is 5.23. The van der Waals surface area contributed by atoms with Gasteiger partial charge in [0.15, 0.2) is 11.3 Å². The number of hydrogen-bond donors (Lipinski definition) is 2. The van der Waals surface area contributed by atoms with E-state index in [1.807, 2.05) is 6.07 Å². The molecule has 4 rings (SSSR count). The summed E-state index contributed by atoms with van der Waals surface area (Å²) in [5.41, 5.74) is 6.77. The van der Waals surface area contributed by atoms with Gasteiger partial charge < -0.3 is 15.8 Å². The highest BCUT2D eigenvalue weighted by atomic mass is 19.4. The number of hydrogen-bond acceptors (Lipinski definition) is 5. The minimum absolute atomic E-state index is 0.0875. The highest BCUT2D eigenvalue weighted by molar-refractivity contribution is 6.05. The lowest BCUT2D eigenvalue weighted by Crippen LogP contribution is -2.18. The smallest absolute Gasteiger partial charge is 0.406 e. The summed E-state index contributed by atoms with van der Waals surface area (Å²) in [5, 5.41) is 2.59. The maximum Gasteiger partial charge on any atom is 0.573 e. The molecule has 0 bridgehead atoms. The Bertz CT molecular complexity index is 1300. The summed E-state index contributed by atoms with van der Waals surface area (Å²) < 4.78 is 42.1. The van der Waals surface area contributed by atoms with Crippen molar-refractivity contribution in [3.05, 3.63) is 78.4 Å². The molecule has 11 heteroatoms. The molecule has 162 valence electrons. The fraction of sp³-hybridized carbons (Fsp3) is 0.0476. The molecular formula is C21H14F3N5O3. The van der Waals surface area contributed by atoms with Crippen molar-refractivity contribution in [3.8, 4) is 17.0 Å². The number of nitrogens with zero attached hydrogens (tertiary/aromatic N) is 3. The van der Waals surface area contributed by atoms with E-state index in [4.69, 9.17) is 5.73 Å². The van der Waals surface area contributed by atoms with Crippen LogP contribution in [-0.4, -0.2) is 32.5 Å². The molecule has 8 nitrogen and oxygen atoms in total. The lowest BCUT2D eigenvalue weighted by atomic mass is 10.1. The zero-order valence-corrected chi connectivity index (χ0v) is 16.1. The minimum atomic E-state index is -4.82. The Labute approximate surface area is 178 Å². The van der Waals surface area contributed by atoms with Gasteiger partial charge in [0.2, 0.25) is 0 Å². The zero-order valence-electron chi connectivity index (χ0n) is 16.1. The number of amides is 2. The van der Waals surface area contributed by atoms with E-state index in [2.05, 4.69) is 20.0 Å². The summed E-state index contributed by atoms with van der Waals surface area (Å²) in [6.45, 7) is 0. The average Bonchev–Trinajstić information content (AvgIpc) is 3.18. The van der Waals surface area contributed by atoms with Gasteiger partial charge in [-0.3, -0.25) is 14.0 Å². The van der Waals surface area contributed by atoms with E-state index in [9.17, 15) is 22.8 Å². The van der Waals surface area contributed by atoms with Gasteiger partial charge in [0, 0.05) is 11.3 Å². The first kappa shape index (κ1) is 20.8. The number of rotatable bonds is 5. The summed E-state index contributed by atoms with van der Waals surface area (Å²) in [6, 6.07) is 15.1. The van der Waals surface area contributed by atoms with E-state index in [1.165, 1.54) is 28.9 Å². The molecule has 4 aromatic rings. The molecule has 32 heavy (non-hydrogen) atoms. The standard InChI is InChI=1S/C21H14F3N5O3/c22-21(23,24)32-14-8-6-13(7-9-14)27-20(31)16-10-15(12-4-2-1-3-5-12)28-19-17(18(25)30)26-11-29(16)19/h1-11H,(H2,25,30)(H,27,31). The van der Waals surface area contributed by atoms with Gasteiger partial charge in [0.1, 0.15) is 17.8 Å². The SMILES string of the molecule is NC(=O)c1ncn2c(C(=O)Nc3ccc(OC(F)(F)F)cc3)cc(-c3ccccc3)nc12. The van der Waals surface area contributed by atoms with Crippen molar-refractivity contribution in [2.75, 3.05) is 5.32 Å². The van der Waals surface area contributed by atoms with Crippen molar-refractivity contribution in [3.63, 3.8) is 0 Å². The number of fused-ring (bicyclic) bond motifs is 1. The molecule has 2 aromatic heterocycles. The predicted octanol–water partition coefficient (Wildman–Crippen LogP) is 3.65. The van der Waals surface area contributed by atoms with Gasteiger partial charge in [-0.2, -0.15) is 0 Å². The first-order valence-electron chi connectivity index (χ1n) is 9.12. The van der Waals surface area contributed by atoms with Crippen LogP contribution in [0.1, 0.15) is 21.0 Å². The van der Waals surface area contributed by atoms with Gasteiger partial charge in [-0.25, -0.2) is 9.97 Å². The van der Waals surface area contributed by atoms with Gasteiger partial charge >= 0.3 is 6.36 Å². The molecule has 0 radical (unpaired) electrons. The number of ether oxygens (including phenoxy) is 1. The average molecular weight is 441 g/mol. The third-order valence-corrected chi connectivity index (χ3v) is 4.38. The summed E-state index contributed by atoms with van der Waals surface area (Å²) in [4.78, 5) is 33.1. The number of halogens is 3. The van der Waals surface area contributed by atoms with Gasteiger partial charge in [-0.05, 0) is 30.3 Å². The lowest BCUT2D eigenvalue weighted by Gasteiger charge is -2.11. The van der Waals surface area contributed by atoms with Crippen molar-refractivity contribution in [2.45, 2.75) is 6.36 Å². The Balaban J connectivity index is 1.71. The van der Waals surface area contributed by atoms with Gasteiger partial charge in [-0.15, -0.1) is 13.2 Å². The Hall–Kier alpha value is -4.41. The molecule has 0 atom stereocenters. The monoisotopic (exact) mass is 441 g/mol. The van der Waals surface area contributed by atoms with Crippen LogP contribution in [0.2, 0.25) is 0 Å². The third kappa shape index (κ3) is 4.36. The predicted molar refractivity (Wildman–Crippen MR) is 108 cm³/mol. The minimum Gasteiger partial charge on any atom is -0.406 e. The number of benzene rings is 2. The fourth-order valence-electron chi connectivity index (χ4n) is 3.01.